The van der Waals surface area contributed by atoms with E-state index in [1.54, 1.807) is 6.07 Å². The minimum absolute atomic E-state index is 0.0595. The fourth-order valence-electron chi connectivity index (χ4n) is 2.29. The van der Waals surface area contributed by atoms with Crippen LogP contribution in [0.15, 0.2) is 42.5 Å². The molecule has 0 radical (unpaired) electrons. The molecule has 2 aromatic carbocycles. The van der Waals surface area contributed by atoms with Crippen LogP contribution in [0.2, 0.25) is 0 Å². The van der Waals surface area contributed by atoms with Crippen LogP contribution < -0.4 is 14.8 Å². The normalized spacial score (nSPS) is 16.4. The summed E-state index contributed by atoms with van der Waals surface area (Å²) in [6.07, 6.45) is 0.623. The maximum absolute atomic E-state index is 13.1. The fraction of sp³-hybridized carbons (Fsp3) is 0.250. The first-order chi connectivity index (χ1) is 9.74. The molecule has 0 saturated heterocycles. The summed E-state index contributed by atoms with van der Waals surface area (Å²) in [7, 11) is 1.87. The lowest BCUT2D eigenvalue weighted by atomic mass is 10.1. The predicted molar refractivity (Wildman–Crippen MR) is 76.0 cm³/mol. The third-order valence-electron chi connectivity index (χ3n) is 3.34. The average Bonchev–Trinajstić information content (AvgIpc) is 2.87. The summed E-state index contributed by atoms with van der Waals surface area (Å²) in [6, 6.07) is 12.3. The summed E-state index contributed by atoms with van der Waals surface area (Å²) in [6.45, 7) is 0.454. The van der Waals surface area contributed by atoms with Gasteiger partial charge >= 0.3 is 0 Å². The zero-order valence-corrected chi connectivity index (χ0v) is 11.2. The highest BCUT2D eigenvalue weighted by Gasteiger charge is 2.23. The van der Waals surface area contributed by atoms with E-state index in [-0.39, 0.29) is 11.9 Å². The lowest BCUT2D eigenvalue weighted by molar-refractivity contribution is 0.148. The Labute approximate surface area is 117 Å². The molecule has 104 valence electrons. The molecule has 1 aliphatic rings. The summed E-state index contributed by atoms with van der Waals surface area (Å²) in [4.78, 5) is 0. The van der Waals surface area contributed by atoms with Crippen LogP contribution >= 0.6 is 0 Å². The van der Waals surface area contributed by atoms with Crippen LogP contribution in [0.25, 0.3) is 0 Å². The highest BCUT2D eigenvalue weighted by Crippen LogP contribution is 2.29. The van der Waals surface area contributed by atoms with E-state index in [4.69, 9.17) is 9.47 Å². The minimum Gasteiger partial charge on any atom is -0.490 e. The Morgan fingerprint density at radius 3 is 2.80 bits per heavy atom. The number of nitrogens with one attached hydrogen (secondary N) is 1. The van der Waals surface area contributed by atoms with E-state index in [0.717, 1.165) is 22.7 Å². The SMILES string of the molecule is CNc1ccc(OCC2Cc3cc(F)ccc3O2)cc1. The van der Waals surface area contributed by atoms with Gasteiger partial charge in [0.1, 0.15) is 30.0 Å². The number of fused-ring (bicyclic) bond motifs is 1. The molecule has 4 heteroatoms. The first-order valence-electron chi connectivity index (χ1n) is 6.60. The predicted octanol–water partition coefficient (Wildman–Crippen LogP) is 3.25. The van der Waals surface area contributed by atoms with Crippen LogP contribution in [0.5, 0.6) is 11.5 Å². The van der Waals surface area contributed by atoms with E-state index < -0.39 is 0 Å². The number of halogens is 1. The summed E-state index contributed by atoms with van der Waals surface area (Å²) in [5.74, 6) is 1.33. The van der Waals surface area contributed by atoms with Gasteiger partial charge in [-0.25, -0.2) is 4.39 Å². The molecule has 1 N–H and O–H groups in total. The van der Waals surface area contributed by atoms with E-state index in [9.17, 15) is 4.39 Å². The first-order valence-corrected chi connectivity index (χ1v) is 6.60. The second kappa shape index (κ2) is 5.41. The number of benzene rings is 2. The van der Waals surface area contributed by atoms with Crippen molar-refractivity contribution in [1.29, 1.82) is 0 Å². The number of hydrogen-bond acceptors (Lipinski definition) is 3. The van der Waals surface area contributed by atoms with Crippen molar-refractivity contribution in [1.82, 2.24) is 0 Å². The monoisotopic (exact) mass is 273 g/mol. The van der Waals surface area contributed by atoms with Gasteiger partial charge in [-0.3, -0.25) is 0 Å². The molecule has 1 unspecified atom stereocenters. The number of anilines is 1. The molecule has 0 amide bonds. The van der Waals surface area contributed by atoms with Crippen molar-refractivity contribution in [3.05, 3.63) is 53.8 Å². The molecular formula is C16H16FNO2. The average molecular weight is 273 g/mol. The molecule has 0 saturated carbocycles. The van der Waals surface area contributed by atoms with E-state index in [0.29, 0.717) is 13.0 Å². The molecule has 0 spiro atoms. The van der Waals surface area contributed by atoms with E-state index in [1.807, 2.05) is 31.3 Å². The molecule has 2 aromatic rings. The smallest absolute Gasteiger partial charge is 0.137 e. The Morgan fingerprint density at radius 1 is 1.25 bits per heavy atom. The Bertz CT molecular complexity index is 598. The molecule has 0 aliphatic carbocycles. The van der Waals surface area contributed by atoms with Crippen molar-refractivity contribution in [3.63, 3.8) is 0 Å². The number of ether oxygens (including phenoxy) is 2. The highest BCUT2D eigenvalue weighted by molar-refractivity contribution is 5.45. The number of rotatable bonds is 4. The van der Waals surface area contributed by atoms with Crippen molar-refractivity contribution in [2.75, 3.05) is 19.0 Å². The van der Waals surface area contributed by atoms with Gasteiger partial charge in [0.25, 0.3) is 0 Å². The standard InChI is InChI=1S/C16H16FNO2/c1-18-13-3-5-14(6-4-13)19-10-15-9-11-8-12(17)2-7-16(11)20-15/h2-8,15,18H,9-10H2,1H3. The lowest BCUT2D eigenvalue weighted by Gasteiger charge is -2.12. The molecule has 1 aliphatic heterocycles. The van der Waals surface area contributed by atoms with Crippen molar-refractivity contribution >= 4 is 5.69 Å². The van der Waals surface area contributed by atoms with Crippen LogP contribution in [0.1, 0.15) is 5.56 Å². The molecule has 0 bridgehead atoms. The molecule has 3 nitrogen and oxygen atoms in total. The van der Waals surface area contributed by atoms with Gasteiger partial charge in [0, 0.05) is 24.7 Å². The zero-order chi connectivity index (χ0) is 13.9. The van der Waals surface area contributed by atoms with E-state index >= 15 is 0 Å². The van der Waals surface area contributed by atoms with E-state index in [1.165, 1.54) is 12.1 Å². The van der Waals surface area contributed by atoms with Gasteiger partial charge in [-0.1, -0.05) is 0 Å². The van der Waals surface area contributed by atoms with Crippen molar-refractivity contribution in [3.8, 4) is 11.5 Å². The van der Waals surface area contributed by atoms with Gasteiger partial charge in [-0.2, -0.15) is 0 Å². The van der Waals surface area contributed by atoms with Crippen molar-refractivity contribution in [2.45, 2.75) is 12.5 Å². The Hall–Kier alpha value is -2.23. The third kappa shape index (κ3) is 2.69. The zero-order valence-electron chi connectivity index (χ0n) is 11.2. The maximum Gasteiger partial charge on any atom is 0.137 e. The Morgan fingerprint density at radius 2 is 2.05 bits per heavy atom. The molecule has 1 heterocycles. The van der Waals surface area contributed by atoms with Crippen LogP contribution in [-0.4, -0.2) is 19.8 Å². The van der Waals surface area contributed by atoms with Crippen LogP contribution in [0, 0.1) is 5.82 Å². The second-order valence-corrected chi connectivity index (χ2v) is 4.78. The fourth-order valence-corrected chi connectivity index (χ4v) is 2.29. The topological polar surface area (TPSA) is 30.5 Å². The summed E-state index contributed by atoms with van der Waals surface area (Å²) in [5.41, 5.74) is 1.95. The largest absolute Gasteiger partial charge is 0.490 e. The highest BCUT2D eigenvalue weighted by atomic mass is 19.1. The van der Waals surface area contributed by atoms with Gasteiger partial charge in [0.2, 0.25) is 0 Å². The molecule has 20 heavy (non-hydrogen) atoms. The van der Waals surface area contributed by atoms with Gasteiger partial charge < -0.3 is 14.8 Å². The Balaban J connectivity index is 1.58. The minimum atomic E-state index is -0.225. The van der Waals surface area contributed by atoms with Gasteiger partial charge in [-0.05, 0) is 42.5 Å². The van der Waals surface area contributed by atoms with Crippen LogP contribution in [-0.2, 0) is 6.42 Å². The summed E-state index contributed by atoms with van der Waals surface area (Å²) in [5, 5.41) is 3.05. The summed E-state index contributed by atoms with van der Waals surface area (Å²) >= 11 is 0. The number of hydrogen-bond donors (Lipinski definition) is 1. The molecule has 1 atom stereocenters. The quantitative estimate of drug-likeness (QED) is 0.927. The molecule has 0 aromatic heterocycles. The lowest BCUT2D eigenvalue weighted by Crippen LogP contribution is -2.22. The maximum atomic E-state index is 13.1. The van der Waals surface area contributed by atoms with Gasteiger partial charge in [0.15, 0.2) is 0 Å². The third-order valence-corrected chi connectivity index (χ3v) is 3.34. The van der Waals surface area contributed by atoms with Crippen molar-refractivity contribution in [2.24, 2.45) is 0 Å². The summed E-state index contributed by atoms with van der Waals surface area (Å²) < 4.78 is 24.5. The van der Waals surface area contributed by atoms with E-state index in [2.05, 4.69) is 5.32 Å². The second-order valence-electron chi connectivity index (χ2n) is 4.78. The van der Waals surface area contributed by atoms with Gasteiger partial charge in [-0.15, -0.1) is 0 Å². The van der Waals surface area contributed by atoms with Crippen LogP contribution in [0.4, 0.5) is 10.1 Å². The van der Waals surface area contributed by atoms with Crippen molar-refractivity contribution < 1.29 is 13.9 Å². The molecule has 3 rings (SSSR count). The Kier molecular flexibility index (Phi) is 3.46. The molecule has 0 fully saturated rings. The van der Waals surface area contributed by atoms with Crippen LogP contribution in [0.3, 0.4) is 0 Å². The van der Waals surface area contributed by atoms with Gasteiger partial charge in [0.05, 0.1) is 0 Å². The molecular weight excluding hydrogens is 257 g/mol. The first kappa shape index (κ1) is 12.8.